The zero-order valence-electron chi connectivity index (χ0n) is 13.6. The molecule has 4 rings (SSSR count). The van der Waals surface area contributed by atoms with Gasteiger partial charge in [0.1, 0.15) is 5.82 Å². The van der Waals surface area contributed by atoms with Crippen LogP contribution >= 0.6 is 11.8 Å². The quantitative estimate of drug-likeness (QED) is 0.644. The van der Waals surface area contributed by atoms with Crippen molar-refractivity contribution in [3.05, 3.63) is 83.7 Å². The van der Waals surface area contributed by atoms with Crippen molar-refractivity contribution in [1.82, 2.24) is 9.55 Å². The number of benzene rings is 2. The summed E-state index contributed by atoms with van der Waals surface area (Å²) in [5.41, 5.74) is 0.873. The van der Waals surface area contributed by atoms with E-state index in [0.717, 1.165) is 16.5 Å². The minimum atomic E-state index is -0.913. The fourth-order valence-electron chi connectivity index (χ4n) is 3.05. The Hall–Kier alpha value is -2.25. The molecule has 0 aliphatic carbocycles. The number of rotatable bonds is 5. The van der Waals surface area contributed by atoms with Gasteiger partial charge < -0.3 is 9.30 Å². The van der Waals surface area contributed by atoms with Crippen molar-refractivity contribution in [1.29, 1.82) is 0 Å². The topological polar surface area (TPSA) is 27.1 Å². The van der Waals surface area contributed by atoms with Crippen LogP contribution in [0.3, 0.4) is 0 Å². The van der Waals surface area contributed by atoms with Gasteiger partial charge in [-0.05, 0) is 29.8 Å². The largest absolute Gasteiger partial charge is 0.367 e. The summed E-state index contributed by atoms with van der Waals surface area (Å²) in [4.78, 5) is 4.96. The minimum absolute atomic E-state index is 0.0300. The van der Waals surface area contributed by atoms with Gasteiger partial charge in [-0.1, -0.05) is 12.1 Å². The molecule has 2 atom stereocenters. The van der Waals surface area contributed by atoms with Crippen molar-refractivity contribution in [3.63, 3.8) is 0 Å². The smallest absolute Gasteiger partial charge is 0.164 e. The highest BCUT2D eigenvalue weighted by Gasteiger charge is 2.35. The van der Waals surface area contributed by atoms with Gasteiger partial charge in [-0.25, -0.2) is 18.2 Å². The Balaban J connectivity index is 1.59. The number of hydrogen-bond acceptors (Lipinski definition) is 3. The zero-order chi connectivity index (χ0) is 18.1. The van der Waals surface area contributed by atoms with Gasteiger partial charge in [-0.3, -0.25) is 0 Å². The van der Waals surface area contributed by atoms with E-state index in [1.165, 1.54) is 24.3 Å². The van der Waals surface area contributed by atoms with Crippen molar-refractivity contribution in [2.75, 3.05) is 0 Å². The number of thioether (sulfide) groups is 1. The predicted molar refractivity (Wildman–Crippen MR) is 92.2 cm³/mol. The second kappa shape index (κ2) is 7.17. The molecule has 0 unspecified atom stereocenters. The molecule has 0 spiro atoms. The fourth-order valence-corrected chi connectivity index (χ4v) is 4.43. The molecule has 2 aromatic carbocycles. The first-order chi connectivity index (χ1) is 12.6. The van der Waals surface area contributed by atoms with Gasteiger partial charge in [-0.2, -0.15) is 0 Å². The lowest BCUT2D eigenvalue weighted by molar-refractivity contribution is 0.0347. The van der Waals surface area contributed by atoms with E-state index in [-0.39, 0.29) is 23.2 Å². The van der Waals surface area contributed by atoms with Gasteiger partial charge >= 0.3 is 0 Å². The maximum absolute atomic E-state index is 13.9. The van der Waals surface area contributed by atoms with Gasteiger partial charge in [0, 0.05) is 29.4 Å². The highest BCUT2D eigenvalue weighted by Crippen LogP contribution is 2.47. The predicted octanol–water partition coefficient (Wildman–Crippen LogP) is 4.73. The molecule has 0 fully saturated rings. The fraction of sp³-hybridized carbons (Fsp3) is 0.211. The molecule has 7 heteroatoms. The number of hydrogen-bond donors (Lipinski definition) is 0. The van der Waals surface area contributed by atoms with Gasteiger partial charge in [0.05, 0.1) is 24.3 Å². The summed E-state index contributed by atoms with van der Waals surface area (Å²) < 4.78 is 48.9. The molecule has 0 N–H and O–H groups in total. The molecular formula is C19H15F3N2OS. The van der Waals surface area contributed by atoms with Crippen LogP contribution in [0.4, 0.5) is 13.2 Å². The lowest BCUT2D eigenvalue weighted by Gasteiger charge is -2.21. The number of aromatic nitrogens is 2. The Kier molecular flexibility index (Phi) is 4.74. The van der Waals surface area contributed by atoms with E-state index < -0.39 is 17.7 Å². The molecule has 0 amide bonds. The van der Waals surface area contributed by atoms with Gasteiger partial charge in [0.25, 0.3) is 0 Å². The molecular weight excluding hydrogens is 361 g/mol. The van der Waals surface area contributed by atoms with Crippen molar-refractivity contribution in [2.24, 2.45) is 0 Å². The normalized spacial score (nSPS) is 18.9. The average molecular weight is 376 g/mol. The molecule has 1 aliphatic heterocycles. The first-order valence-electron chi connectivity index (χ1n) is 8.08. The van der Waals surface area contributed by atoms with Crippen LogP contribution < -0.4 is 0 Å². The minimum Gasteiger partial charge on any atom is -0.367 e. The van der Waals surface area contributed by atoms with Crippen LogP contribution in [0.15, 0.2) is 60.0 Å². The molecule has 0 bridgehead atoms. The van der Waals surface area contributed by atoms with Gasteiger partial charge in [0.2, 0.25) is 0 Å². The molecule has 2 heterocycles. The number of halogens is 3. The van der Waals surface area contributed by atoms with E-state index in [1.54, 1.807) is 30.4 Å². The van der Waals surface area contributed by atoms with E-state index in [9.17, 15) is 13.2 Å². The average Bonchev–Trinajstić information content (AvgIpc) is 3.24. The molecule has 0 saturated carbocycles. The summed E-state index contributed by atoms with van der Waals surface area (Å²) in [6.45, 7) is 0.516. The van der Waals surface area contributed by atoms with Crippen LogP contribution in [0, 0.1) is 17.5 Å². The maximum atomic E-state index is 13.9. The van der Waals surface area contributed by atoms with Gasteiger partial charge in [-0.15, -0.1) is 11.8 Å². The first kappa shape index (κ1) is 17.2. The maximum Gasteiger partial charge on any atom is 0.164 e. The van der Waals surface area contributed by atoms with E-state index in [0.29, 0.717) is 6.54 Å². The third-order valence-corrected chi connectivity index (χ3v) is 5.62. The standard InChI is InChI=1S/C19H15F3N2OS/c20-13-4-5-16-14(8-13)19(17(26-16)9-24-7-6-23-11-24)25-10-12-2-1-3-15(21)18(12)22/h1-8,11,17,19H,9-10H2/t17-,19-/m0/s1. The summed E-state index contributed by atoms with van der Waals surface area (Å²) in [7, 11) is 0. The van der Waals surface area contributed by atoms with Crippen molar-refractivity contribution in [3.8, 4) is 0 Å². The van der Waals surface area contributed by atoms with E-state index in [2.05, 4.69) is 4.98 Å². The summed E-state index contributed by atoms with van der Waals surface area (Å²) >= 11 is 1.59. The SMILES string of the molecule is Fc1ccc2c(c1)[C@H](OCc1cccc(F)c1F)[C@H](Cn1ccnc1)S2. The number of nitrogens with zero attached hydrogens (tertiary/aromatic N) is 2. The summed E-state index contributed by atoms with van der Waals surface area (Å²) in [5.74, 6) is -2.17. The molecule has 3 aromatic rings. The first-order valence-corrected chi connectivity index (χ1v) is 8.96. The summed E-state index contributed by atoms with van der Waals surface area (Å²) in [5, 5.41) is -0.0300. The van der Waals surface area contributed by atoms with Crippen LogP contribution in [0.5, 0.6) is 0 Å². The van der Waals surface area contributed by atoms with E-state index in [4.69, 9.17) is 4.74 Å². The van der Waals surface area contributed by atoms with Crippen LogP contribution in [0.25, 0.3) is 0 Å². The molecule has 1 aromatic heterocycles. The molecule has 26 heavy (non-hydrogen) atoms. The Morgan fingerprint density at radius 3 is 2.85 bits per heavy atom. The van der Waals surface area contributed by atoms with E-state index >= 15 is 0 Å². The van der Waals surface area contributed by atoms with Crippen LogP contribution in [-0.4, -0.2) is 14.8 Å². The Labute approximate surface area is 152 Å². The van der Waals surface area contributed by atoms with Crippen molar-refractivity contribution >= 4 is 11.8 Å². The Morgan fingerprint density at radius 1 is 1.15 bits per heavy atom. The van der Waals surface area contributed by atoms with Crippen molar-refractivity contribution in [2.45, 2.75) is 29.4 Å². The number of ether oxygens (including phenoxy) is 1. The highest BCUT2D eigenvalue weighted by atomic mass is 32.2. The highest BCUT2D eigenvalue weighted by molar-refractivity contribution is 8.00. The molecule has 3 nitrogen and oxygen atoms in total. The number of fused-ring (bicyclic) bond motifs is 1. The van der Waals surface area contributed by atoms with Crippen LogP contribution in [-0.2, 0) is 17.9 Å². The van der Waals surface area contributed by atoms with E-state index in [1.807, 2.05) is 10.8 Å². The summed E-state index contributed by atoms with van der Waals surface area (Å²) in [6, 6.07) is 8.58. The van der Waals surface area contributed by atoms with Gasteiger partial charge in [0.15, 0.2) is 11.6 Å². The second-order valence-corrected chi connectivity index (χ2v) is 7.32. The zero-order valence-corrected chi connectivity index (χ0v) is 14.4. The molecule has 0 radical (unpaired) electrons. The van der Waals surface area contributed by atoms with Crippen LogP contribution in [0.1, 0.15) is 17.2 Å². The Morgan fingerprint density at radius 2 is 2.04 bits per heavy atom. The number of imidazole rings is 1. The lowest BCUT2D eigenvalue weighted by Crippen LogP contribution is -2.19. The molecule has 134 valence electrons. The lowest BCUT2D eigenvalue weighted by atomic mass is 10.1. The molecule has 0 saturated heterocycles. The second-order valence-electron chi connectivity index (χ2n) is 6.04. The summed E-state index contributed by atoms with van der Waals surface area (Å²) in [6.07, 6.45) is 4.79. The molecule has 1 aliphatic rings. The van der Waals surface area contributed by atoms with Crippen LogP contribution in [0.2, 0.25) is 0 Å². The monoisotopic (exact) mass is 376 g/mol. The third kappa shape index (κ3) is 3.37. The third-order valence-electron chi connectivity index (χ3n) is 4.29. The Bertz CT molecular complexity index is 917. The van der Waals surface area contributed by atoms with Crippen molar-refractivity contribution < 1.29 is 17.9 Å².